The van der Waals surface area contributed by atoms with Gasteiger partial charge in [-0.3, -0.25) is 0 Å². The van der Waals surface area contributed by atoms with Crippen molar-refractivity contribution in [3.05, 3.63) is 18.2 Å². The van der Waals surface area contributed by atoms with Crippen LogP contribution in [0, 0.1) is 0 Å². The van der Waals surface area contributed by atoms with Crippen LogP contribution in [0.3, 0.4) is 0 Å². The van der Waals surface area contributed by atoms with Crippen LogP contribution in [0.1, 0.15) is 45.9 Å². The number of imidazole rings is 1. The summed E-state index contributed by atoms with van der Waals surface area (Å²) in [7, 11) is 0. The van der Waals surface area contributed by atoms with Crippen molar-refractivity contribution >= 4 is 0 Å². The lowest BCUT2D eigenvalue weighted by atomic mass is 10.2. The van der Waals surface area contributed by atoms with E-state index in [0.29, 0.717) is 0 Å². The topological polar surface area (TPSA) is 28.7 Å². The van der Waals surface area contributed by atoms with E-state index in [1.807, 2.05) is 20.0 Å². The van der Waals surface area contributed by atoms with Gasteiger partial charge in [0.25, 0.3) is 0 Å². The Morgan fingerprint density at radius 2 is 2.08 bits per heavy atom. The zero-order valence-electron chi connectivity index (χ0n) is 8.43. The molecule has 1 rings (SSSR count). The number of hydrogen-bond acceptors (Lipinski definition) is 1. The SMILES string of the molecule is CC.CCCCCc1ncc[nH]1. The average Bonchev–Trinajstić information content (AvgIpc) is 2.61. The molecule has 2 nitrogen and oxygen atoms in total. The van der Waals surface area contributed by atoms with Crippen LogP contribution >= 0.6 is 0 Å². The molecule has 12 heavy (non-hydrogen) atoms. The molecule has 0 fully saturated rings. The molecule has 0 unspecified atom stereocenters. The maximum absolute atomic E-state index is 4.13. The van der Waals surface area contributed by atoms with E-state index in [0.717, 1.165) is 12.2 Å². The summed E-state index contributed by atoms with van der Waals surface area (Å²) in [6, 6.07) is 0. The van der Waals surface area contributed by atoms with Crippen molar-refractivity contribution < 1.29 is 0 Å². The van der Waals surface area contributed by atoms with Crippen LogP contribution in [0.5, 0.6) is 0 Å². The molecule has 1 heterocycles. The molecule has 1 N–H and O–H groups in total. The third-order valence-electron chi connectivity index (χ3n) is 1.57. The van der Waals surface area contributed by atoms with Gasteiger partial charge in [-0.2, -0.15) is 0 Å². The number of aromatic nitrogens is 2. The van der Waals surface area contributed by atoms with Crippen LogP contribution in [0.25, 0.3) is 0 Å². The Kier molecular flexibility index (Phi) is 7.76. The fourth-order valence-corrected chi connectivity index (χ4v) is 0.977. The van der Waals surface area contributed by atoms with E-state index >= 15 is 0 Å². The molecule has 0 bridgehead atoms. The first-order valence-corrected chi connectivity index (χ1v) is 4.91. The molecule has 0 saturated heterocycles. The molecule has 0 amide bonds. The highest BCUT2D eigenvalue weighted by atomic mass is 14.9. The molecule has 0 atom stereocenters. The Bertz CT molecular complexity index is 156. The maximum atomic E-state index is 4.13. The van der Waals surface area contributed by atoms with Gasteiger partial charge in [-0.05, 0) is 6.42 Å². The highest BCUT2D eigenvalue weighted by Gasteiger charge is 1.91. The smallest absolute Gasteiger partial charge is 0.105 e. The third-order valence-corrected chi connectivity index (χ3v) is 1.57. The number of hydrogen-bond donors (Lipinski definition) is 1. The Morgan fingerprint density at radius 3 is 2.58 bits per heavy atom. The Balaban J connectivity index is 0.000000561. The van der Waals surface area contributed by atoms with Gasteiger partial charge in [0.2, 0.25) is 0 Å². The summed E-state index contributed by atoms with van der Waals surface area (Å²) >= 11 is 0. The largest absolute Gasteiger partial charge is 0.349 e. The quantitative estimate of drug-likeness (QED) is 0.687. The number of aromatic amines is 1. The molecule has 0 aliphatic heterocycles. The Morgan fingerprint density at radius 1 is 1.33 bits per heavy atom. The van der Waals surface area contributed by atoms with E-state index in [1.54, 1.807) is 6.20 Å². The van der Waals surface area contributed by atoms with E-state index in [9.17, 15) is 0 Å². The molecule has 0 aromatic carbocycles. The highest BCUT2D eigenvalue weighted by Crippen LogP contribution is 2.00. The van der Waals surface area contributed by atoms with Crippen molar-refractivity contribution in [2.24, 2.45) is 0 Å². The molecule has 2 heteroatoms. The zero-order valence-corrected chi connectivity index (χ0v) is 8.43. The minimum absolute atomic E-state index is 1.10. The molecule has 1 aromatic heterocycles. The second-order valence-corrected chi connectivity index (χ2v) is 2.49. The average molecular weight is 168 g/mol. The third kappa shape index (κ3) is 4.94. The lowest BCUT2D eigenvalue weighted by Gasteiger charge is -1.93. The normalized spacial score (nSPS) is 8.92. The first-order valence-electron chi connectivity index (χ1n) is 4.91. The standard InChI is InChI=1S/C8H14N2.C2H6/c1-2-3-4-5-8-9-6-7-10-8;1-2/h6-7H,2-5H2,1H3,(H,9,10);1-2H3. The van der Waals surface area contributed by atoms with E-state index in [4.69, 9.17) is 0 Å². The summed E-state index contributed by atoms with van der Waals surface area (Å²) in [6.45, 7) is 6.21. The summed E-state index contributed by atoms with van der Waals surface area (Å²) in [5, 5.41) is 0. The van der Waals surface area contributed by atoms with Crippen LogP contribution in [0.4, 0.5) is 0 Å². The summed E-state index contributed by atoms with van der Waals surface area (Å²) < 4.78 is 0. The lowest BCUT2D eigenvalue weighted by Crippen LogP contribution is -1.86. The molecule has 1 aromatic rings. The predicted molar refractivity (Wildman–Crippen MR) is 53.2 cm³/mol. The molecule has 0 aliphatic carbocycles. The number of nitrogens with zero attached hydrogens (tertiary/aromatic N) is 1. The van der Waals surface area contributed by atoms with Crippen molar-refractivity contribution in [2.45, 2.75) is 46.5 Å². The second-order valence-electron chi connectivity index (χ2n) is 2.49. The van der Waals surface area contributed by atoms with E-state index in [-0.39, 0.29) is 0 Å². The summed E-state index contributed by atoms with van der Waals surface area (Å²) in [5.74, 6) is 1.12. The predicted octanol–water partition coefficient (Wildman–Crippen LogP) is 3.17. The molecule has 0 saturated carbocycles. The van der Waals surface area contributed by atoms with Gasteiger partial charge in [0.15, 0.2) is 0 Å². The summed E-state index contributed by atoms with van der Waals surface area (Å²) in [6.07, 6.45) is 8.62. The van der Waals surface area contributed by atoms with Gasteiger partial charge in [-0.15, -0.1) is 0 Å². The molecule has 0 radical (unpaired) electrons. The minimum Gasteiger partial charge on any atom is -0.349 e. The number of unbranched alkanes of at least 4 members (excludes halogenated alkanes) is 2. The monoisotopic (exact) mass is 168 g/mol. The summed E-state index contributed by atoms with van der Waals surface area (Å²) in [4.78, 5) is 7.22. The number of aryl methyl sites for hydroxylation is 1. The van der Waals surface area contributed by atoms with E-state index < -0.39 is 0 Å². The number of nitrogens with one attached hydrogen (secondary N) is 1. The van der Waals surface area contributed by atoms with E-state index in [1.165, 1.54) is 19.3 Å². The van der Waals surface area contributed by atoms with Gasteiger partial charge in [-0.25, -0.2) is 4.98 Å². The van der Waals surface area contributed by atoms with Crippen molar-refractivity contribution in [1.82, 2.24) is 9.97 Å². The first-order chi connectivity index (χ1) is 5.93. The van der Waals surface area contributed by atoms with Crippen LogP contribution in [0.2, 0.25) is 0 Å². The molecular weight excluding hydrogens is 148 g/mol. The number of rotatable bonds is 4. The minimum atomic E-state index is 1.10. The van der Waals surface area contributed by atoms with Crippen molar-refractivity contribution in [2.75, 3.05) is 0 Å². The number of H-pyrrole nitrogens is 1. The second kappa shape index (κ2) is 8.31. The van der Waals surface area contributed by atoms with Gasteiger partial charge >= 0.3 is 0 Å². The summed E-state index contributed by atoms with van der Waals surface area (Å²) in [5.41, 5.74) is 0. The lowest BCUT2D eigenvalue weighted by molar-refractivity contribution is 0.699. The van der Waals surface area contributed by atoms with Gasteiger partial charge < -0.3 is 4.98 Å². The fourth-order valence-electron chi connectivity index (χ4n) is 0.977. The van der Waals surface area contributed by atoms with Crippen LogP contribution < -0.4 is 0 Å². The van der Waals surface area contributed by atoms with Crippen molar-refractivity contribution in [3.8, 4) is 0 Å². The van der Waals surface area contributed by atoms with Crippen LogP contribution in [-0.2, 0) is 6.42 Å². The maximum Gasteiger partial charge on any atom is 0.105 e. The van der Waals surface area contributed by atoms with Gasteiger partial charge in [-0.1, -0.05) is 33.6 Å². The molecule has 0 aliphatic rings. The highest BCUT2D eigenvalue weighted by molar-refractivity contribution is 4.86. The fraction of sp³-hybridized carbons (Fsp3) is 0.700. The van der Waals surface area contributed by atoms with Gasteiger partial charge in [0.1, 0.15) is 5.82 Å². The zero-order chi connectivity index (χ0) is 9.23. The molecular formula is C10H20N2. The van der Waals surface area contributed by atoms with E-state index in [2.05, 4.69) is 16.9 Å². The Hall–Kier alpha value is -0.790. The van der Waals surface area contributed by atoms with Crippen molar-refractivity contribution in [1.29, 1.82) is 0 Å². The van der Waals surface area contributed by atoms with Gasteiger partial charge in [0, 0.05) is 18.8 Å². The molecule has 70 valence electrons. The molecule has 0 spiro atoms. The van der Waals surface area contributed by atoms with Gasteiger partial charge in [0.05, 0.1) is 0 Å². The van der Waals surface area contributed by atoms with Crippen molar-refractivity contribution in [3.63, 3.8) is 0 Å². The first kappa shape index (κ1) is 11.2. The Labute approximate surface area is 75.4 Å². The van der Waals surface area contributed by atoms with Crippen LogP contribution in [-0.4, -0.2) is 9.97 Å². The van der Waals surface area contributed by atoms with Crippen LogP contribution in [0.15, 0.2) is 12.4 Å².